The summed E-state index contributed by atoms with van der Waals surface area (Å²) in [5.41, 5.74) is 1.26. The summed E-state index contributed by atoms with van der Waals surface area (Å²) in [5.74, 6) is 0. The summed E-state index contributed by atoms with van der Waals surface area (Å²) in [6, 6.07) is 4.76. The molecule has 0 radical (unpaired) electrons. The molecule has 0 spiro atoms. The maximum Gasteiger partial charge on any atom is 0.0411 e. The third-order valence-corrected chi connectivity index (χ3v) is 2.89. The highest BCUT2D eigenvalue weighted by atomic mass is 15.2. The fourth-order valence-electron chi connectivity index (χ4n) is 1.95. The molecule has 76 valence electrons. The molecule has 2 heterocycles. The lowest BCUT2D eigenvalue weighted by Crippen LogP contribution is -2.44. The molecule has 1 atom stereocenters. The number of pyridine rings is 1. The third kappa shape index (κ3) is 2.04. The van der Waals surface area contributed by atoms with Crippen LogP contribution in [-0.2, 0) is 0 Å². The zero-order valence-electron chi connectivity index (χ0n) is 8.61. The SMILES string of the molecule is CN(c1ccncc1)C1CCCNC1. The number of anilines is 1. The third-order valence-electron chi connectivity index (χ3n) is 2.89. The molecule has 3 nitrogen and oxygen atoms in total. The van der Waals surface area contributed by atoms with Gasteiger partial charge in [0.1, 0.15) is 0 Å². The van der Waals surface area contributed by atoms with Gasteiger partial charge in [-0.1, -0.05) is 0 Å². The molecule has 3 heteroatoms. The molecule has 1 aromatic rings. The Morgan fingerprint density at radius 3 is 2.86 bits per heavy atom. The van der Waals surface area contributed by atoms with Crippen LogP contribution in [0, 0.1) is 0 Å². The molecule has 1 unspecified atom stereocenters. The van der Waals surface area contributed by atoms with E-state index in [-0.39, 0.29) is 0 Å². The molecule has 1 fully saturated rings. The molecule has 0 aromatic carbocycles. The first-order valence-corrected chi connectivity index (χ1v) is 5.21. The van der Waals surface area contributed by atoms with Crippen LogP contribution >= 0.6 is 0 Å². The minimum Gasteiger partial charge on any atom is -0.370 e. The molecule has 1 aliphatic rings. The summed E-state index contributed by atoms with van der Waals surface area (Å²) in [7, 11) is 2.16. The molecule has 1 aliphatic heterocycles. The monoisotopic (exact) mass is 191 g/mol. The second-order valence-electron chi connectivity index (χ2n) is 3.82. The Hall–Kier alpha value is -1.09. The summed E-state index contributed by atoms with van der Waals surface area (Å²) in [6.07, 6.45) is 6.26. The molecule has 0 bridgehead atoms. The quantitative estimate of drug-likeness (QED) is 0.763. The number of hydrogen-bond acceptors (Lipinski definition) is 3. The Labute approximate surface area is 85.1 Å². The zero-order chi connectivity index (χ0) is 9.80. The normalized spacial score (nSPS) is 21.9. The molecule has 14 heavy (non-hydrogen) atoms. The van der Waals surface area contributed by atoms with Crippen molar-refractivity contribution in [2.45, 2.75) is 18.9 Å². The molecule has 0 amide bonds. The van der Waals surface area contributed by atoms with Crippen molar-refractivity contribution in [2.75, 3.05) is 25.0 Å². The Balaban J connectivity index is 2.03. The molecular weight excluding hydrogens is 174 g/mol. The molecule has 1 aromatic heterocycles. The first-order valence-electron chi connectivity index (χ1n) is 5.21. The Morgan fingerprint density at radius 2 is 2.21 bits per heavy atom. The lowest BCUT2D eigenvalue weighted by atomic mass is 10.1. The lowest BCUT2D eigenvalue weighted by molar-refractivity contribution is 0.445. The highest BCUT2D eigenvalue weighted by Crippen LogP contribution is 2.17. The topological polar surface area (TPSA) is 28.2 Å². The van der Waals surface area contributed by atoms with Gasteiger partial charge in [0, 0.05) is 37.7 Å². The highest BCUT2D eigenvalue weighted by molar-refractivity contribution is 5.44. The Bertz CT molecular complexity index is 267. The summed E-state index contributed by atoms with van der Waals surface area (Å²) < 4.78 is 0. The van der Waals surface area contributed by atoms with Crippen LogP contribution in [0.25, 0.3) is 0 Å². The smallest absolute Gasteiger partial charge is 0.0411 e. The average molecular weight is 191 g/mol. The Morgan fingerprint density at radius 1 is 1.43 bits per heavy atom. The van der Waals surface area contributed by atoms with Gasteiger partial charge in [0.15, 0.2) is 0 Å². The van der Waals surface area contributed by atoms with E-state index in [1.54, 1.807) is 0 Å². The number of hydrogen-bond donors (Lipinski definition) is 1. The van der Waals surface area contributed by atoms with Gasteiger partial charge in [-0.25, -0.2) is 0 Å². The summed E-state index contributed by atoms with van der Waals surface area (Å²) in [6.45, 7) is 2.26. The minimum absolute atomic E-state index is 0.631. The van der Waals surface area contributed by atoms with Crippen LogP contribution < -0.4 is 10.2 Å². The summed E-state index contributed by atoms with van der Waals surface area (Å²) >= 11 is 0. The van der Waals surface area contributed by atoms with Crippen molar-refractivity contribution in [3.63, 3.8) is 0 Å². The van der Waals surface area contributed by atoms with Crippen LogP contribution in [0.15, 0.2) is 24.5 Å². The van der Waals surface area contributed by atoms with E-state index in [0.717, 1.165) is 6.54 Å². The van der Waals surface area contributed by atoms with E-state index in [1.807, 2.05) is 12.4 Å². The van der Waals surface area contributed by atoms with Crippen molar-refractivity contribution in [3.8, 4) is 0 Å². The van der Waals surface area contributed by atoms with Gasteiger partial charge in [0.2, 0.25) is 0 Å². The minimum atomic E-state index is 0.631. The summed E-state index contributed by atoms with van der Waals surface area (Å²) in [4.78, 5) is 6.37. The second-order valence-corrected chi connectivity index (χ2v) is 3.82. The molecule has 0 aliphatic carbocycles. The Kier molecular flexibility index (Phi) is 2.99. The average Bonchev–Trinajstić information content (AvgIpc) is 2.30. The van der Waals surface area contributed by atoms with E-state index in [0.29, 0.717) is 6.04 Å². The predicted molar refractivity (Wildman–Crippen MR) is 58.5 cm³/mol. The lowest BCUT2D eigenvalue weighted by Gasteiger charge is -2.33. The van der Waals surface area contributed by atoms with Crippen LogP contribution in [-0.4, -0.2) is 31.2 Å². The van der Waals surface area contributed by atoms with Crippen LogP contribution in [0.2, 0.25) is 0 Å². The maximum atomic E-state index is 4.03. The highest BCUT2D eigenvalue weighted by Gasteiger charge is 2.17. The van der Waals surface area contributed by atoms with Gasteiger partial charge < -0.3 is 10.2 Å². The van der Waals surface area contributed by atoms with Crippen molar-refractivity contribution in [2.24, 2.45) is 0 Å². The molecule has 1 N–H and O–H groups in total. The van der Waals surface area contributed by atoms with Gasteiger partial charge >= 0.3 is 0 Å². The number of rotatable bonds is 2. The van der Waals surface area contributed by atoms with Crippen LogP contribution in [0.1, 0.15) is 12.8 Å². The molecule has 0 saturated carbocycles. The van der Waals surface area contributed by atoms with Crippen molar-refractivity contribution in [1.82, 2.24) is 10.3 Å². The molecule has 1 saturated heterocycles. The first-order chi connectivity index (χ1) is 6.88. The number of aromatic nitrogens is 1. The van der Waals surface area contributed by atoms with Gasteiger partial charge in [-0.05, 0) is 31.5 Å². The van der Waals surface area contributed by atoms with Crippen molar-refractivity contribution < 1.29 is 0 Å². The van der Waals surface area contributed by atoms with E-state index in [4.69, 9.17) is 0 Å². The van der Waals surface area contributed by atoms with Gasteiger partial charge in [-0.3, -0.25) is 4.98 Å². The van der Waals surface area contributed by atoms with Crippen LogP contribution in [0.5, 0.6) is 0 Å². The summed E-state index contributed by atoms with van der Waals surface area (Å²) in [5, 5.41) is 3.43. The number of likely N-dealkylation sites (N-methyl/N-ethyl adjacent to an activating group) is 1. The van der Waals surface area contributed by atoms with Crippen molar-refractivity contribution >= 4 is 5.69 Å². The number of nitrogens with one attached hydrogen (secondary N) is 1. The molecule has 2 rings (SSSR count). The van der Waals surface area contributed by atoms with E-state index in [9.17, 15) is 0 Å². The first kappa shape index (κ1) is 9.46. The van der Waals surface area contributed by atoms with E-state index >= 15 is 0 Å². The predicted octanol–water partition coefficient (Wildman–Crippen LogP) is 1.27. The van der Waals surface area contributed by atoms with E-state index in [2.05, 4.69) is 34.4 Å². The van der Waals surface area contributed by atoms with Crippen LogP contribution in [0.4, 0.5) is 5.69 Å². The number of piperidine rings is 1. The van der Waals surface area contributed by atoms with E-state index in [1.165, 1.54) is 25.1 Å². The largest absolute Gasteiger partial charge is 0.370 e. The van der Waals surface area contributed by atoms with Crippen molar-refractivity contribution in [3.05, 3.63) is 24.5 Å². The number of nitrogens with zero attached hydrogens (tertiary/aromatic N) is 2. The van der Waals surface area contributed by atoms with Gasteiger partial charge in [0.05, 0.1) is 0 Å². The van der Waals surface area contributed by atoms with Crippen LogP contribution in [0.3, 0.4) is 0 Å². The van der Waals surface area contributed by atoms with Gasteiger partial charge in [-0.2, -0.15) is 0 Å². The molecular formula is C11H17N3. The fourth-order valence-corrected chi connectivity index (χ4v) is 1.95. The maximum absolute atomic E-state index is 4.03. The van der Waals surface area contributed by atoms with Gasteiger partial charge in [-0.15, -0.1) is 0 Å². The van der Waals surface area contributed by atoms with Gasteiger partial charge in [0.25, 0.3) is 0 Å². The fraction of sp³-hybridized carbons (Fsp3) is 0.545. The standard InChI is InChI=1S/C11H17N3/c1-14(10-4-7-12-8-5-10)11-3-2-6-13-9-11/h4-5,7-8,11,13H,2-3,6,9H2,1H3. The van der Waals surface area contributed by atoms with Crippen molar-refractivity contribution in [1.29, 1.82) is 0 Å². The zero-order valence-corrected chi connectivity index (χ0v) is 8.61. The second kappa shape index (κ2) is 4.42. The van der Waals surface area contributed by atoms with E-state index < -0.39 is 0 Å².